The fourth-order valence-electron chi connectivity index (χ4n) is 3.79. The van der Waals surface area contributed by atoms with Gasteiger partial charge in [0.25, 0.3) is 5.56 Å². The van der Waals surface area contributed by atoms with E-state index in [-0.39, 0.29) is 12.1 Å². The third kappa shape index (κ3) is 5.14. The van der Waals surface area contributed by atoms with Gasteiger partial charge in [-0.25, -0.2) is 9.07 Å². The predicted octanol–water partition coefficient (Wildman–Crippen LogP) is 2.66. The van der Waals surface area contributed by atoms with Crippen LogP contribution in [0.5, 0.6) is 5.75 Å². The Balaban J connectivity index is 1.41. The van der Waals surface area contributed by atoms with Crippen molar-refractivity contribution in [1.29, 1.82) is 0 Å². The monoisotopic (exact) mass is 451 g/mol. The minimum Gasteiger partial charge on any atom is -0.495 e. The molecule has 2 heterocycles. The van der Waals surface area contributed by atoms with Crippen LogP contribution in [0.15, 0.2) is 59.4 Å². The topological polar surface area (TPSA) is 79.7 Å². The second kappa shape index (κ2) is 9.72. The summed E-state index contributed by atoms with van der Waals surface area (Å²) in [6.45, 7) is 4.33. The average Bonchev–Trinajstić information content (AvgIpc) is 2.83. The van der Waals surface area contributed by atoms with Gasteiger partial charge >= 0.3 is 0 Å². The largest absolute Gasteiger partial charge is 0.495 e. The third-order valence-electron chi connectivity index (χ3n) is 5.63. The molecule has 1 saturated heterocycles. The van der Waals surface area contributed by atoms with E-state index in [1.807, 2.05) is 24.3 Å². The van der Waals surface area contributed by atoms with Gasteiger partial charge in [-0.3, -0.25) is 9.59 Å². The standard InChI is InChI=1S/C24H26FN5O3/c1-17-7-8-18(15-19(17)25)26-23(31)16-30-24(32)10-9-22(27-30)29-13-11-28(12-14-29)20-5-3-4-6-21(20)33-2/h3-10,15H,11-14,16H2,1-2H3,(H,26,31). The maximum atomic E-state index is 13.7. The molecule has 0 atom stereocenters. The molecule has 9 heteroatoms. The van der Waals surface area contributed by atoms with Crippen LogP contribution >= 0.6 is 0 Å². The second-order valence-corrected chi connectivity index (χ2v) is 7.85. The number of ether oxygens (including phenoxy) is 1. The molecule has 1 fully saturated rings. The van der Waals surface area contributed by atoms with Crippen LogP contribution in [0.4, 0.5) is 21.6 Å². The van der Waals surface area contributed by atoms with E-state index in [2.05, 4.69) is 20.2 Å². The number of hydrogen-bond donors (Lipinski definition) is 1. The van der Waals surface area contributed by atoms with E-state index in [9.17, 15) is 14.0 Å². The fourth-order valence-corrected chi connectivity index (χ4v) is 3.79. The van der Waals surface area contributed by atoms with Crippen molar-refractivity contribution in [2.75, 3.05) is 48.4 Å². The van der Waals surface area contributed by atoms with Crippen molar-refractivity contribution in [3.05, 3.63) is 76.3 Å². The van der Waals surface area contributed by atoms with Crippen molar-refractivity contribution in [3.63, 3.8) is 0 Å². The minimum absolute atomic E-state index is 0.261. The third-order valence-corrected chi connectivity index (χ3v) is 5.63. The number of nitrogens with zero attached hydrogens (tertiary/aromatic N) is 4. The van der Waals surface area contributed by atoms with Crippen LogP contribution in [0.2, 0.25) is 0 Å². The number of anilines is 3. The van der Waals surface area contributed by atoms with Gasteiger partial charge in [-0.05, 0) is 42.8 Å². The quantitative estimate of drug-likeness (QED) is 0.621. The lowest BCUT2D eigenvalue weighted by atomic mass is 10.2. The average molecular weight is 452 g/mol. The number of amides is 1. The van der Waals surface area contributed by atoms with Crippen LogP contribution in [0.1, 0.15) is 5.56 Å². The van der Waals surface area contributed by atoms with Gasteiger partial charge in [0.15, 0.2) is 0 Å². The van der Waals surface area contributed by atoms with E-state index < -0.39 is 11.7 Å². The van der Waals surface area contributed by atoms with Crippen LogP contribution in [0.25, 0.3) is 0 Å². The summed E-state index contributed by atoms with van der Waals surface area (Å²) in [5, 5.41) is 7.00. The normalized spacial score (nSPS) is 13.7. The molecule has 4 rings (SSSR count). The summed E-state index contributed by atoms with van der Waals surface area (Å²) >= 11 is 0. The van der Waals surface area contributed by atoms with Crippen molar-refractivity contribution in [2.45, 2.75) is 13.5 Å². The van der Waals surface area contributed by atoms with Gasteiger partial charge in [-0.1, -0.05) is 18.2 Å². The SMILES string of the molecule is COc1ccccc1N1CCN(c2ccc(=O)n(CC(=O)Nc3ccc(C)c(F)c3)n2)CC1. The van der Waals surface area contributed by atoms with Gasteiger partial charge in [0.2, 0.25) is 5.91 Å². The lowest BCUT2D eigenvalue weighted by Crippen LogP contribution is -2.47. The number of para-hydroxylation sites is 2. The van der Waals surface area contributed by atoms with Crippen molar-refractivity contribution in [2.24, 2.45) is 0 Å². The second-order valence-electron chi connectivity index (χ2n) is 7.85. The Morgan fingerprint density at radius 2 is 1.79 bits per heavy atom. The highest BCUT2D eigenvalue weighted by Crippen LogP contribution is 2.28. The summed E-state index contributed by atoms with van der Waals surface area (Å²) in [6, 6.07) is 15.4. The molecule has 1 aliphatic rings. The number of methoxy groups -OCH3 is 1. The maximum absolute atomic E-state index is 13.7. The molecule has 3 aromatic rings. The highest BCUT2D eigenvalue weighted by molar-refractivity contribution is 5.90. The molecule has 1 aliphatic heterocycles. The smallest absolute Gasteiger partial charge is 0.267 e. The van der Waals surface area contributed by atoms with Gasteiger partial charge in [0, 0.05) is 37.9 Å². The Morgan fingerprint density at radius 1 is 1.06 bits per heavy atom. The molecule has 172 valence electrons. The zero-order valence-electron chi connectivity index (χ0n) is 18.6. The number of aryl methyl sites for hydroxylation is 1. The minimum atomic E-state index is -0.453. The van der Waals surface area contributed by atoms with E-state index in [0.717, 1.165) is 29.2 Å². The molecule has 0 radical (unpaired) electrons. The molecule has 0 unspecified atom stereocenters. The number of carbonyl (C=O) groups excluding carboxylic acids is 1. The van der Waals surface area contributed by atoms with Gasteiger partial charge in [-0.15, -0.1) is 0 Å². The van der Waals surface area contributed by atoms with Crippen LogP contribution in [-0.2, 0) is 11.3 Å². The van der Waals surface area contributed by atoms with Gasteiger partial charge in [-0.2, -0.15) is 5.10 Å². The number of halogens is 1. The zero-order valence-corrected chi connectivity index (χ0v) is 18.6. The van der Waals surface area contributed by atoms with Crippen LogP contribution in [0, 0.1) is 12.7 Å². The van der Waals surface area contributed by atoms with E-state index in [1.165, 1.54) is 12.1 Å². The summed E-state index contributed by atoms with van der Waals surface area (Å²) in [4.78, 5) is 29.0. The van der Waals surface area contributed by atoms with Gasteiger partial charge in [0.1, 0.15) is 23.9 Å². The van der Waals surface area contributed by atoms with Gasteiger partial charge in [0.05, 0.1) is 12.8 Å². The van der Waals surface area contributed by atoms with E-state index in [1.54, 1.807) is 32.2 Å². The predicted molar refractivity (Wildman–Crippen MR) is 126 cm³/mol. The first-order valence-electron chi connectivity index (χ1n) is 10.7. The molecule has 0 bridgehead atoms. The number of aromatic nitrogens is 2. The van der Waals surface area contributed by atoms with Crippen LogP contribution < -0.4 is 25.4 Å². The molecule has 0 aliphatic carbocycles. The van der Waals surface area contributed by atoms with Crippen molar-refractivity contribution in [1.82, 2.24) is 9.78 Å². The summed E-state index contributed by atoms with van der Waals surface area (Å²) in [5.74, 6) is 0.601. The first-order chi connectivity index (χ1) is 15.9. The van der Waals surface area contributed by atoms with E-state index in [4.69, 9.17) is 4.74 Å². The Morgan fingerprint density at radius 3 is 2.52 bits per heavy atom. The highest BCUT2D eigenvalue weighted by Gasteiger charge is 2.21. The summed E-state index contributed by atoms with van der Waals surface area (Å²) < 4.78 is 20.3. The molecule has 8 nitrogen and oxygen atoms in total. The Hall–Kier alpha value is -3.88. The fraction of sp³-hybridized carbons (Fsp3) is 0.292. The van der Waals surface area contributed by atoms with Crippen molar-refractivity contribution >= 4 is 23.1 Å². The molecule has 0 spiro atoms. The molecular weight excluding hydrogens is 425 g/mol. The molecule has 1 N–H and O–H groups in total. The number of nitrogens with one attached hydrogen (secondary N) is 1. The van der Waals surface area contributed by atoms with Crippen LogP contribution in [-0.4, -0.2) is 49.0 Å². The molecule has 0 saturated carbocycles. The first-order valence-corrected chi connectivity index (χ1v) is 10.7. The summed E-state index contributed by atoms with van der Waals surface area (Å²) in [5.41, 5.74) is 1.49. The molecule has 1 aromatic heterocycles. The first kappa shape index (κ1) is 22.3. The van der Waals surface area contributed by atoms with Crippen LogP contribution in [0.3, 0.4) is 0 Å². The molecule has 1 amide bonds. The Labute approximate surface area is 191 Å². The van der Waals surface area contributed by atoms with Crippen molar-refractivity contribution in [3.8, 4) is 5.75 Å². The van der Waals surface area contributed by atoms with E-state index >= 15 is 0 Å². The number of benzene rings is 2. The Kier molecular flexibility index (Phi) is 6.58. The van der Waals surface area contributed by atoms with E-state index in [0.29, 0.717) is 30.2 Å². The number of rotatable bonds is 6. The zero-order chi connectivity index (χ0) is 23.4. The lowest BCUT2D eigenvalue weighted by Gasteiger charge is -2.37. The number of piperazine rings is 1. The molecule has 2 aromatic carbocycles. The van der Waals surface area contributed by atoms with Gasteiger partial charge < -0.3 is 19.9 Å². The number of hydrogen-bond acceptors (Lipinski definition) is 6. The lowest BCUT2D eigenvalue weighted by molar-refractivity contribution is -0.117. The highest BCUT2D eigenvalue weighted by atomic mass is 19.1. The summed E-state index contributed by atoms with van der Waals surface area (Å²) in [7, 11) is 1.66. The molecular formula is C24H26FN5O3. The maximum Gasteiger partial charge on any atom is 0.267 e. The van der Waals surface area contributed by atoms with Crippen molar-refractivity contribution < 1.29 is 13.9 Å². The number of carbonyl (C=O) groups is 1. The molecule has 33 heavy (non-hydrogen) atoms. The summed E-state index contributed by atoms with van der Waals surface area (Å²) in [6.07, 6.45) is 0. The Bertz CT molecular complexity index is 1200.